The molecule has 1 heterocycles. The van der Waals surface area contributed by atoms with Gasteiger partial charge in [-0.15, -0.1) is 0 Å². The molecule has 1 aromatic heterocycles. The number of carbonyl (C=O) groups is 1. The van der Waals surface area contributed by atoms with Crippen molar-refractivity contribution in [3.63, 3.8) is 0 Å². The predicted octanol–water partition coefficient (Wildman–Crippen LogP) is 1.16. The van der Waals surface area contributed by atoms with Gasteiger partial charge in [0.25, 0.3) is 17.2 Å². The highest BCUT2D eigenvalue weighted by Crippen LogP contribution is 2.11. The molecule has 0 aliphatic rings. The third-order valence-corrected chi connectivity index (χ3v) is 3.19. The van der Waals surface area contributed by atoms with E-state index in [4.69, 9.17) is 0 Å². The first-order valence-corrected chi connectivity index (χ1v) is 7.45. The van der Waals surface area contributed by atoms with Crippen molar-refractivity contribution in [3.05, 3.63) is 62.1 Å². The normalized spacial score (nSPS) is 10.7. The zero-order chi connectivity index (χ0) is 16.8. The highest BCUT2D eigenvalue weighted by Gasteiger charge is 2.09. The van der Waals surface area contributed by atoms with Crippen LogP contribution in [0.3, 0.4) is 0 Å². The Morgan fingerprint density at radius 1 is 1.48 bits per heavy atom. The molecule has 0 aliphatic heterocycles. The van der Waals surface area contributed by atoms with Crippen LogP contribution in [0.15, 0.2) is 45.4 Å². The van der Waals surface area contributed by atoms with Crippen molar-refractivity contribution in [1.29, 1.82) is 0 Å². The minimum atomic E-state index is -0.659. The van der Waals surface area contributed by atoms with Crippen molar-refractivity contribution in [3.8, 4) is 0 Å². The Morgan fingerprint density at radius 3 is 2.96 bits per heavy atom. The molecule has 1 aromatic carbocycles. The lowest BCUT2D eigenvalue weighted by Gasteiger charge is -2.00. The number of hydrogen-bond donors (Lipinski definition) is 2. The molecule has 0 spiro atoms. The van der Waals surface area contributed by atoms with E-state index in [-0.39, 0.29) is 11.4 Å². The Labute approximate surface area is 134 Å². The summed E-state index contributed by atoms with van der Waals surface area (Å²) in [5, 5.41) is 14.7. The second-order valence-corrected chi connectivity index (χ2v) is 4.99. The van der Waals surface area contributed by atoms with E-state index < -0.39 is 16.4 Å². The van der Waals surface area contributed by atoms with Crippen molar-refractivity contribution in [2.45, 2.75) is 5.16 Å². The van der Waals surface area contributed by atoms with Crippen LogP contribution in [-0.4, -0.2) is 33.3 Å². The minimum absolute atomic E-state index is 0.0747. The number of nitrogens with zero attached hydrogens (tertiary/aromatic N) is 3. The number of aromatic nitrogens is 2. The van der Waals surface area contributed by atoms with Crippen LogP contribution in [0.5, 0.6) is 0 Å². The van der Waals surface area contributed by atoms with Gasteiger partial charge in [0.1, 0.15) is 5.69 Å². The standard InChI is InChI=1S/C13H11N5O4S/c1-23-13-15-10(6-11(19)16-13)12(20)17-14-7-8-3-2-4-9(5-8)18(21)22/h2-7H,1H3,(H,17,20)(H,15,16,19)/b14-7-. The summed E-state index contributed by atoms with van der Waals surface area (Å²) in [7, 11) is 0. The van der Waals surface area contributed by atoms with Gasteiger partial charge in [0.15, 0.2) is 5.16 Å². The molecule has 0 unspecified atom stereocenters. The van der Waals surface area contributed by atoms with E-state index in [1.54, 1.807) is 12.3 Å². The zero-order valence-electron chi connectivity index (χ0n) is 11.8. The van der Waals surface area contributed by atoms with E-state index in [0.29, 0.717) is 10.7 Å². The average molecular weight is 333 g/mol. The molecule has 1 amide bonds. The number of benzene rings is 1. The van der Waals surface area contributed by atoms with Crippen molar-refractivity contribution in [2.24, 2.45) is 5.10 Å². The van der Waals surface area contributed by atoms with E-state index in [1.165, 1.54) is 36.2 Å². The van der Waals surface area contributed by atoms with Crippen LogP contribution in [-0.2, 0) is 0 Å². The number of nitro groups is 1. The SMILES string of the molecule is CSc1nc(C(=O)N/N=C\c2cccc([N+](=O)[O-])c2)cc(=O)[nH]1. The van der Waals surface area contributed by atoms with Gasteiger partial charge in [0.2, 0.25) is 0 Å². The maximum Gasteiger partial charge on any atom is 0.290 e. The second-order valence-electron chi connectivity index (χ2n) is 4.19. The third kappa shape index (κ3) is 4.48. The number of thioether (sulfide) groups is 1. The first-order valence-electron chi connectivity index (χ1n) is 6.23. The molecule has 23 heavy (non-hydrogen) atoms. The Balaban J connectivity index is 2.09. The van der Waals surface area contributed by atoms with Crippen molar-refractivity contribution >= 4 is 29.6 Å². The van der Waals surface area contributed by atoms with Crippen LogP contribution in [0.2, 0.25) is 0 Å². The largest absolute Gasteiger partial charge is 0.301 e. The number of amides is 1. The molecular formula is C13H11N5O4S. The number of hydrazone groups is 1. The Hall–Kier alpha value is -3.01. The summed E-state index contributed by atoms with van der Waals surface area (Å²) in [5.41, 5.74) is 2.05. The number of aromatic amines is 1. The van der Waals surface area contributed by atoms with Crippen molar-refractivity contribution in [2.75, 3.05) is 6.26 Å². The summed E-state index contributed by atoms with van der Waals surface area (Å²) in [6.07, 6.45) is 2.97. The van der Waals surface area contributed by atoms with Crippen LogP contribution in [0, 0.1) is 10.1 Å². The molecule has 118 valence electrons. The summed E-state index contributed by atoms with van der Waals surface area (Å²) < 4.78 is 0. The summed E-state index contributed by atoms with van der Waals surface area (Å²) >= 11 is 1.19. The van der Waals surface area contributed by atoms with Gasteiger partial charge in [0.05, 0.1) is 11.1 Å². The summed E-state index contributed by atoms with van der Waals surface area (Å²) in [4.78, 5) is 39.8. The molecule has 0 aliphatic carbocycles. The first kappa shape index (κ1) is 16.4. The number of rotatable bonds is 5. The molecule has 0 bridgehead atoms. The fraction of sp³-hybridized carbons (Fsp3) is 0.0769. The molecule has 0 saturated heterocycles. The van der Waals surface area contributed by atoms with Gasteiger partial charge in [-0.2, -0.15) is 5.10 Å². The second kappa shape index (κ2) is 7.31. The van der Waals surface area contributed by atoms with Crippen LogP contribution >= 0.6 is 11.8 Å². The van der Waals surface area contributed by atoms with Gasteiger partial charge < -0.3 is 4.98 Å². The summed E-state index contributed by atoms with van der Waals surface area (Å²) in [6.45, 7) is 0. The minimum Gasteiger partial charge on any atom is -0.301 e. The molecule has 2 N–H and O–H groups in total. The molecule has 2 rings (SSSR count). The quantitative estimate of drug-likeness (QED) is 0.278. The Morgan fingerprint density at radius 2 is 2.26 bits per heavy atom. The van der Waals surface area contributed by atoms with Crippen LogP contribution < -0.4 is 11.0 Å². The van der Waals surface area contributed by atoms with Crippen LogP contribution in [0.25, 0.3) is 0 Å². The van der Waals surface area contributed by atoms with Gasteiger partial charge >= 0.3 is 0 Å². The molecule has 0 fully saturated rings. The molecular weight excluding hydrogens is 322 g/mol. The Bertz CT molecular complexity index is 833. The van der Waals surface area contributed by atoms with E-state index >= 15 is 0 Å². The first-order chi connectivity index (χ1) is 11.0. The maximum absolute atomic E-state index is 11.9. The molecule has 0 atom stereocenters. The number of hydrogen-bond acceptors (Lipinski definition) is 7. The molecule has 10 heteroatoms. The van der Waals surface area contributed by atoms with Gasteiger partial charge in [0, 0.05) is 23.8 Å². The number of H-pyrrole nitrogens is 1. The molecule has 9 nitrogen and oxygen atoms in total. The van der Waals surface area contributed by atoms with Gasteiger partial charge in [-0.05, 0) is 6.26 Å². The van der Waals surface area contributed by atoms with Gasteiger partial charge in [-0.1, -0.05) is 23.9 Å². The molecule has 2 aromatic rings. The number of non-ortho nitro benzene ring substituents is 1. The summed E-state index contributed by atoms with van der Waals surface area (Å²) in [5.74, 6) is -0.659. The Kier molecular flexibility index (Phi) is 5.20. The molecule has 0 radical (unpaired) electrons. The fourth-order valence-corrected chi connectivity index (χ4v) is 1.98. The van der Waals surface area contributed by atoms with Gasteiger partial charge in [-0.3, -0.25) is 19.7 Å². The average Bonchev–Trinajstić information content (AvgIpc) is 2.54. The van der Waals surface area contributed by atoms with E-state index in [1.807, 2.05) is 0 Å². The lowest BCUT2D eigenvalue weighted by molar-refractivity contribution is -0.384. The highest BCUT2D eigenvalue weighted by atomic mass is 32.2. The monoisotopic (exact) mass is 333 g/mol. The lowest BCUT2D eigenvalue weighted by Crippen LogP contribution is -2.22. The highest BCUT2D eigenvalue weighted by molar-refractivity contribution is 7.98. The third-order valence-electron chi connectivity index (χ3n) is 2.61. The van der Waals surface area contributed by atoms with E-state index in [9.17, 15) is 19.7 Å². The van der Waals surface area contributed by atoms with E-state index in [0.717, 1.165) is 6.07 Å². The number of nitro benzene ring substituents is 1. The zero-order valence-corrected chi connectivity index (χ0v) is 12.7. The topological polar surface area (TPSA) is 130 Å². The van der Waals surface area contributed by atoms with Crippen LogP contribution in [0.4, 0.5) is 5.69 Å². The van der Waals surface area contributed by atoms with E-state index in [2.05, 4.69) is 20.5 Å². The van der Waals surface area contributed by atoms with Crippen LogP contribution in [0.1, 0.15) is 16.1 Å². The molecule has 0 saturated carbocycles. The summed E-state index contributed by atoms with van der Waals surface area (Å²) in [6, 6.07) is 6.81. The lowest BCUT2D eigenvalue weighted by atomic mass is 10.2. The smallest absolute Gasteiger partial charge is 0.290 e. The predicted molar refractivity (Wildman–Crippen MR) is 84.8 cm³/mol. The number of carbonyl (C=O) groups excluding carboxylic acids is 1. The van der Waals surface area contributed by atoms with Crippen molar-refractivity contribution in [1.82, 2.24) is 15.4 Å². The number of nitrogens with one attached hydrogen (secondary N) is 2. The maximum atomic E-state index is 11.9. The fourth-order valence-electron chi connectivity index (χ4n) is 1.59. The van der Waals surface area contributed by atoms with Gasteiger partial charge in [-0.25, -0.2) is 10.4 Å². The van der Waals surface area contributed by atoms with Crippen molar-refractivity contribution < 1.29 is 9.72 Å².